The highest BCUT2D eigenvalue weighted by Gasteiger charge is 2.35. The molecule has 1 amide bonds. The molecule has 2 fully saturated rings. The maximum absolute atomic E-state index is 12.9. The third-order valence-electron chi connectivity index (χ3n) is 5.43. The largest absolute Gasteiger partial charge is 0.340 e. The van der Waals surface area contributed by atoms with Gasteiger partial charge in [-0.15, -0.1) is 0 Å². The Kier molecular flexibility index (Phi) is 5.19. The highest BCUT2D eigenvalue weighted by atomic mass is 16.5. The predicted molar refractivity (Wildman–Crippen MR) is 106 cm³/mol. The van der Waals surface area contributed by atoms with Gasteiger partial charge in [0.1, 0.15) is 5.69 Å². The lowest BCUT2D eigenvalue weighted by atomic mass is 10.1. The van der Waals surface area contributed by atoms with E-state index in [0.29, 0.717) is 24.9 Å². The second-order valence-corrected chi connectivity index (χ2v) is 8.23. The Morgan fingerprint density at radius 2 is 1.93 bits per heavy atom. The molecule has 1 aromatic heterocycles. The molecule has 0 atom stereocenters. The van der Waals surface area contributed by atoms with Crippen molar-refractivity contribution in [1.82, 2.24) is 10.1 Å². The minimum absolute atomic E-state index is 0.250. The van der Waals surface area contributed by atoms with Crippen molar-refractivity contribution in [1.29, 1.82) is 0 Å². The molecule has 0 N–H and O–H groups in total. The molecule has 1 saturated heterocycles. The Bertz CT molecular complexity index is 774. The summed E-state index contributed by atoms with van der Waals surface area (Å²) in [4.78, 5) is 17.3. The summed E-state index contributed by atoms with van der Waals surface area (Å²) in [6, 6.07) is 10.5. The summed E-state index contributed by atoms with van der Waals surface area (Å²) in [6.07, 6.45) is 5.17. The van der Waals surface area contributed by atoms with E-state index in [0.717, 1.165) is 48.6 Å². The zero-order valence-corrected chi connectivity index (χ0v) is 16.4. The SMILES string of the molecule is CC(C)CC(=O)N(Cc1c(-c2ccccc2)noc1N1CCCC1)C1CC1. The molecular formula is C22H29N3O2. The van der Waals surface area contributed by atoms with Gasteiger partial charge in [-0.3, -0.25) is 4.79 Å². The lowest BCUT2D eigenvalue weighted by Gasteiger charge is -2.25. The Hall–Kier alpha value is -2.30. The van der Waals surface area contributed by atoms with Crippen LogP contribution in [0.5, 0.6) is 0 Å². The number of carbonyl (C=O) groups is 1. The summed E-state index contributed by atoms with van der Waals surface area (Å²) in [5.41, 5.74) is 2.99. The molecule has 0 unspecified atom stereocenters. The topological polar surface area (TPSA) is 49.6 Å². The standard InChI is InChI=1S/C22H29N3O2/c1-16(2)14-20(26)25(18-10-11-18)15-19-21(17-8-4-3-5-9-17)23-27-22(19)24-12-6-7-13-24/h3-5,8-9,16,18H,6-7,10-15H2,1-2H3. The zero-order valence-electron chi connectivity index (χ0n) is 16.4. The second kappa shape index (κ2) is 7.75. The van der Waals surface area contributed by atoms with Crippen LogP contribution in [0, 0.1) is 5.92 Å². The summed E-state index contributed by atoms with van der Waals surface area (Å²) in [5, 5.41) is 4.43. The molecule has 0 radical (unpaired) electrons. The zero-order chi connectivity index (χ0) is 18.8. The summed E-state index contributed by atoms with van der Waals surface area (Å²) < 4.78 is 5.83. The molecule has 5 nitrogen and oxygen atoms in total. The summed E-state index contributed by atoms with van der Waals surface area (Å²) in [5.74, 6) is 1.47. The molecule has 1 aliphatic carbocycles. The smallest absolute Gasteiger partial charge is 0.232 e. The molecule has 1 aromatic carbocycles. The van der Waals surface area contributed by atoms with E-state index < -0.39 is 0 Å². The first kappa shape index (κ1) is 18.1. The Morgan fingerprint density at radius 1 is 1.22 bits per heavy atom. The molecular weight excluding hydrogens is 338 g/mol. The van der Waals surface area contributed by atoms with Crippen molar-refractivity contribution in [2.75, 3.05) is 18.0 Å². The number of anilines is 1. The molecule has 27 heavy (non-hydrogen) atoms. The van der Waals surface area contributed by atoms with Crippen LogP contribution in [0.15, 0.2) is 34.9 Å². The van der Waals surface area contributed by atoms with Gasteiger partial charge in [-0.1, -0.05) is 49.3 Å². The molecule has 1 aliphatic heterocycles. The van der Waals surface area contributed by atoms with Gasteiger partial charge in [-0.25, -0.2) is 0 Å². The number of benzene rings is 1. The monoisotopic (exact) mass is 367 g/mol. The van der Waals surface area contributed by atoms with E-state index in [1.807, 2.05) is 18.2 Å². The van der Waals surface area contributed by atoms with Gasteiger partial charge in [-0.2, -0.15) is 0 Å². The number of aromatic nitrogens is 1. The maximum atomic E-state index is 12.9. The van der Waals surface area contributed by atoms with E-state index in [4.69, 9.17) is 4.52 Å². The first-order valence-corrected chi connectivity index (χ1v) is 10.2. The highest BCUT2D eigenvalue weighted by molar-refractivity contribution is 5.78. The first-order valence-electron chi connectivity index (χ1n) is 10.2. The summed E-state index contributed by atoms with van der Waals surface area (Å²) >= 11 is 0. The van der Waals surface area contributed by atoms with Gasteiger partial charge in [-0.05, 0) is 31.6 Å². The summed E-state index contributed by atoms with van der Waals surface area (Å²) in [7, 11) is 0. The van der Waals surface area contributed by atoms with Crippen LogP contribution in [0.2, 0.25) is 0 Å². The van der Waals surface area contributed by atoms with Crippen LogP contribution in [0.1, 0.15) is 51.5 Å². The van der Waals surface area contributed by atoms with Crippen molar-refractivity contribution in [3.8, 4) is 11.3 Å². The van der Waals surface area contributed by atoms with Crippen molar-refractivity contribution in [3.63, 3.8) is 0 Å². The lowest BCUT2D eigenvalue weighted by Crippen LogP contribution is -2.34. The predicted octanol–water partition coefficient (Wildman–Crippen LogP) is 4.48. The van der Waals surface area contributed by atoms with Crippen molar-refractivity contribution in [2.24, 2.45) is 5.92 Å². The van der Waals surface area contributed by atoms with Gasteiger partial charge < -0.3 is 14.3 Å². The number of hydrogen-bond donors (Lipinski definition) is 0. The van der Waals surface area contributed by atoms with E-state index in [1.165, 1.54) is 12.8 Å². The molecule has 5 heteroatoms. The van der Waals surface area contributed by atoms with Crippen LogP contribution >= 0.6 is 0 Å². The molecule has 2 aliphatic rings. The molecule has 144 valence electrons. The minimum atomic E-state index is 0.250. The van der Waals surface area contributed by atoms with Gasteiger partial charge in [0, 0.05) is 31.1 Å². The fourth-order valence-electron chi connectivity index (χ4n) is 3.88. The fraction of sp³-hybridized carbons (Fsp3) is 0.545. The van der Waals surface area contributed by atoms with Crippen LogP contribution in [0.25, 0.3) is 11.3 Å². The maximum Gasteiger partial charge on any atom is 0.232 e. The number of nitrogens with zero attached hydrogens (tertiary/aromatic N) is 3. The third kappa shape index (κ3) is 4.02. The van der Waals surface area contributed by atoms with Gasteiger partial charge in [0.25, 0.3) is 0 Å². The minimum Gasteiger partial charge on any atom is -0.340 e. The van der Waals surface area contributed by atoms with Crippen LogP contribution in [0.4, 0.5) is 5.88 Å². The average molecular weight is 367 g/mol. The third-order valence-corrected chi connectivity index (χ3v) is 5.43. The molecule has 0 spiro atoms. The average Bonchev–Trinajstić information content (AvgIpc) is 3.18. The molecule has 1 saturated carbocycles. The second-order valence-electron chi connectivity index (χ2n) is 8.23. The molecule has 2 heterocycles. The van der Waals surface area contributed by atoms with Gasteiger partial charge in [0.2, 0.25) is 11.8 Å². The van der Waals surface area contributed by atoms with Crippen LogP contribution in [0.3, 0.4) is 0 Å². The lowest BCUT2D eigenvalue weighted by molar-refractivity contribution is -0.133. The van der Waals surface area contributed by atoms with E-state index >= 15 is 0 Å². The first-order chi connectivity index (χ1) is 13.1. The van der Waals surface area contributed by atoms with Crippen LogP contribution < -0.4 is 4.90 Å². The van der Waals surface area contributed by atoms with Gasteiger partial charge in [0.15, 0.2) is 0 Å². The van der Waals surface area contributed by atoms with E-state index in [9.17, 15) is 4.79 Å². The van der Waals surface area contributed by atoms with Crippen molar-refractivity contribution in [3.05, 3.63) is 35.9 Å². The summed E-state index contributed by atoms with van der Waals surface area (Å²) in [6.45, 7) is 6.80. The van der Waals surface area contributed by atoms with E-state index in [1.54, 1.807) is 0 Å². The highest BCUT2D eigenvalue weighted by Crippen LogP contribution is 2.37. The van der Waals surface area contributed by atoms with Crippen LogP contribution in [-0.4, -0.2) is 35.1 Å². The molecule has 4 rings (SSSR count). The Balaban J connectivity index is 1.68. The van der Waals surface area contributed by atoms with Crippen molar-refractivity contribution >= 4 is 11.8 Å². The molecule has 0 bridgehead atoms. The fourth-order valence-corrected chi connectivity index (χ4v) is 3.88. The number of rotatable bonds is 7. The number of hydrogen-bond acceptors (Lipinski definition) is 4. The van der Waals surface area contributed by atoms with Gasteiger partial charge in [0.05, 0.1) is 12.1 Å². The Labute approximate surface area is 161 Å². The van der Waals surface area contributed by atoms with Crippen molar-refractivity contribution < 1.29 is 9.32 Å². The molecule has 2 aromatic rings. The van der Waals surface area contributed by atoms with E-state index in [-0.39, 0.29) is 5.91 Å². The quantitative estimate of drug-likeness (QED) is 0.724. The Morgan fingerprint density at radius 3 is 2.56 bits per heavy atom. The number of carbonyl (C=O) groups excluding carboxylic acids is 1. The van der Waals surface area contributed by atoms with Gasteiger partial charge >= 0.3 is 0 Å². The van der Waals surface area contributed by atoms with E-state index in [2.05, 4.69) is 40.9 Å². The number of amides is 1. The van der Waals surface area contributed by atoms with Crippen LogP contribution in [-0.2, 0) is 11.3 Å². The normalized spacial score (nSPS) is 16.9. The van der Waals surface area contributed by atoms with Crippen molar-refractivity contribution in [2.45, 2.75) is 58.5 Å².